The fraction of sp³-hybridized carbons (Fsp3) is 0.200. The van der Waals surface area contributed by atoms with Crippen molar-refractivity contribution in [2.45, 2.75) is 6.54 Å². The van der Waals surface area contributed by atoms with Gasteiger partial charge >= 0.3 is 0 Å². The van der Waals surface area contributed by atoms with Gasteiger partial charge in [-0.3, -0.25) is 0 Å². The number of benzene rings is 2. The molecule has 0 unspecified atom stereocenters. The third kappa shape index (κ3) is 3.58. The van der Waals surface area contributed by atoms with Gasteiger partial charge in [-0.1, -0.05) is 17.7 Å². The van der Waals surface area contributed by atoms with Crippen LogP contribution in [0.5, 0.6) is 11.5 Å². The van der Waals surface area contributed by atoms with E-state index in [1.807, 2.05) is 36.4 Å². The van der Waals surface area contributed by atoms with Crippen LogP contribution >= 0.6 is 27.5 Å². The van der Waals surface area contributed by atoms with Gasteiger partial charge in [0.1, 0.15) is 11.5 Å². The lowest BCUT2D eigenvalue weighted by atomic mass is 10.2. The Morgan fingerprint density at radius 3 is 2.45 bits per heavy atom. The molecule has 0 bridgehead atoms. The van der Waals surface area contributed by atoms with Crippen LogP contribution in [0.25, 0.3) is 0 Å². The Kier molecular flexibility index (Phi) is 5.15. The molecular weight excluding hydrogens is 342 g/mol. The average molecular weight is 357 g/mol. The van der Waals surface area contributed by atoms with Crippen molar-refractivity contribution in [2.75, 3.05) is 19.5 Å². The minimum atomic E-state index is 0.611. The number of anilines is 1. The van der Waals surface area contributed by atoms with Crippen LogP contribution in [0, 0.1) is 0 Å². The van der Waals surface area contributed by atoms with Gasteiger partial charge in [0, 0.05) is 18.3 Å². The molecule has 106 valence electrons. The largest absolute Gasteiger partial charge is 0.495 e. The molecule has 5 heteroatoms. The quantitative estimate of drug-likeness (QED) is 0.840. The summed E-state index contributed by atoms with van der Waals surface area (Å²) in [6.45, 7) is 0.675. The first-order valence-electron chi connectivity index (χ1n) is 6.04. The second-order valence-corrected chi connectivity index (χ2v) is 5.43. The Hall–Kier alpha value is -1.39. The number of hydrogen-bond acceptors (Lipinski definition) is 3. The molecule has 0 fully saturated rings. The van der Waals surface area contributed by atoms with E-state index in [2.05, 4.69) is 21.2 Å². The highest BCUT2D eigenvalue weighted by Crippen LogP contribution is 2.29. The number of hydrogen-bond donors (Lipinski definition) is 1. The summed E-state index contributed by atoms with van der Waals surface area (Å²) in [4.78, 5) is 0. The van der Waals surface area contributed by atoms with Crippen LogP contribution in [0.1, 0.15) is 5.56 Å². The van der Waals surface area contributed by atoms with Crippen molar-refractivity contribution in [1.29, 1.82) is 0 Å². The molecule has 0 aliphatic heterocycles. The van der Waals surface area contributed by atoms with Gasteiger partial charge in [0.25, 0.3) is 0 Å². The van der Waals surface area contributed by atoms with Crippen molar-refractivity contribution >= 4 is 33.2 Å². The highest BCUT2D eigenvalue weighted by molar-refractivity contribution is 9.10. The Morgan fingerprint density at radius 1 is 1.05 bits per heavy atom. The fourth-order valence-corrected chi connectivity index (χ4v) is 2.48. The van der Waals surface area contributed by atoms with E-state index in [1.54, 1.807) is 14.2 Å². The second-order valence-electron chi connectivity index (χ2n) is 4.17. The Morgan fingerprint density at radius 2 is 1.80 bits per heavy atom. The van der Waals surface area contributed by atoms with E-state index in [4.69, 9.17) is 21.1 Å². The van der Waals surface area contributed by atoms with Crippen LogP contribution in [0.2, 0.25) is 5.02 Å². The Labute approximate surface area is 132 Å². The molecule has 1 N–H and O–H groups in total. The highest BCUT2D eigenvalue weighted by Gasteiger charge is 2.04. The standard InChI is InChI=1S/C15H15BrClNO2/c1-19-14-6-3-10(7-13(14)17)9-18-11-4-5-12(16)15(8-11)20-2/h3-8,18H,9H2,1-2H3. The van der Waals surface area contributed by atoms with Crippen molar-refractivity contribution in [3.05, 3.63) is 51.5 Å². The molecule has 0 heterocycles. The van der Waals surface area contributed by atoms with Gasteiger partial charge in [-0.05, 0) is 45.8 Å². The summed E-state index contributed by atoms with van der Waals surface area (Å²) in [5.41, 5.74) is 2.06. The van der Waals surface area contributed by atoms with Crippen molar-refractivity contribution < 1.29 is 9.47 Å². The minimum absolute atomic E-state index is 0.611. The Balaban J connectivity index is 2.07. The van der Waals surface area contributed by atoms with Gasteiger partial charge in [-0.25, -0.2) is 0 Å². The zero-order valence-corrected chi connectivity index (χ0v) is 13.6. The summed E-state index contributed by atoms with van der Waals surface area (Å²) < 4.78 is 11.3. The molecule has 3 nitrogen and oxygen atoms in total. The monoisotopic (exact) mass is 355 g/mol. The minimum Gasteiger partial charge on any atom is -0.495 e. The molecule has 2 rings (SSSR count). The average Bonchev–Trinajstić information content (AvgIpc) is 2.46. The molecule has 0 aliphatic rings. The van der Waals surface area contributed by atoms with Crippen LogP contribution in [-0.2, 0) is 6.54 Å². The molecule has 2 aromatic carbocycles. The van der Waals surface area contributed by atoms with Gasteiger partial charge < -0.3 is 14.8 Å². The molecule has 0 saturated heterocycles. The number of methoxy groups -OCH3 is 2. The fourth-order valence-electron chi connectivity index (χ4n) is 1.79. The topological polar surface area (TPSA) is 30.5 Å². The molecule has 0 spiro atoms. The van der Waals surface area contributed by atoms with Crippen molar-refractivity contribution in [2.24, 2.45) is 0 Å². The van der Waals surface area contributed by atoms with Crippen molar-refractivity contribution in [3.8, 4) is 11.5 Å². The molecule has 20 heavy (non-hydrogen) atoms. The van der Waals surface area contributed by atoms with E-state index in [0.717, 1.165) is 21.5 Å². The molecular formula is C15H15BrClNO2. The van der Waals surface area contributed by atoms with E-state index < -0.39 is 0 Å². The summed E-state index contributed by atoms with van der Waals surface area (Å²) in [7, 11) is 3.25. The smallest absolute Gasteiger partial charge is 0.137 e. The lowest BCUT2D eigenvalue weighted by Crippen LogP contribution is -2.00. The zero-order valence-electron chi connectivity index (χ0n) is 11.2. The van der Waals surface area contributed by atoms with Crippen molar-refractivity contribution in [3.63, 3.8) is 0 Å². The zero-order chi connectivity index (χ0) is 14.5. The highest BCUT2D eigenvalue weighted by atomic mass is 79.9. The van der Waals surface area contributed by atoms with E-state index in [0.29, 0.717) is 17.3 Å². The number of nitrogens with one attached hydrogen (secondary N) is 1. The summed E-state index contributed by atoms with van der Waals surface area (Å²) in [5.74, 6) is 1.48. The molecule has 0 aromatic heterocycles. The lowest BCUT2D eigenvalue weighted by Gasteiger charge is -2.10. The van der Waals surface area contributed by atoms with Gasteiger partial charge in [-0.15, -0.1) is 0 Å². The van der Waals surface area contributed by atoms with E-state index in [-0.39, 0.29) is 0 Å². The number of halogens is 2. The number of rotatable bonds is 5. The van der Waals surface area contributed by atoms with E-state index in [1.165, 1.54) is 0 Å². The molecule has 0 radical (unpaired) electrons. The van der Waals surface area contributed by atoms with Gasteiger partial charge in [0.15, 0.2) is 0 Å². The van der Waals surface area contributed by atoms with Crippen LogP contribution in [-0.4, -0.2) is 14.2 Å². The first-order chi connectivity index (χ1) is 9.63. The molecule has 0 amide bonds. The summed E-state index contributed by atoms with van der Waals surface area (Å²) >= 11 is 9.53. The van der Waals surface area contributed by atoms with Gasteiger partial charge in [0.2, 0.25) is 0 Å². The van der Waals surface area contributed by atoms with Crippen LogP contribution in [0.15, 0.2) is 40.9 Å². The third-order valence-electron chi connectivity index (χ3n) is 2.86. The lowest BCUT2D eigenvalue weighted by molar-refractivity contribution is 0.412. The summed E-state index contributed by atoms with van der Waals surface area (Å²) in [6, 6.07) is 11.6. The van der Waals surface area contributed by atoms with Gasteiger partial charge in [0.05, 0.1) is 23.7 Å². The molecule has 0 aliphatic carbocycles. The van der Waals surface area contributed by atoms with E-state index in [9.17, 15) is 0 Å². The first-order valence-corrected chi connectivity index (χ1v) is 7.21. The molecule has 2 aromatic rings. The maximum Gasteiger partial charge on any atom is 0.137 e. The maximum absolute atomic E-state index is 6.10. The first kappa shape index (κ1) is 15.0. The number of ether oxygens (including phenoxy) is 2. The van der Waals surface area contributed by atoms with E-state index >= 15 is 0 Å². The van der Waals surface area contributed by atoms with Crippen LogP contribution in [0.3, 0.4) is 0 Å². The second kappa shape index (κ2) is 6.86. The molecule has 0 saturated carbocycles. The van der Waals surface area contributed by atoms with Gasteiger partial charge in [-0.2, -0.15) is 0 Å². The summed E-state index contributed by atoms with van der Waals surface area (Å²) in [5, 5.41) is 3.94. The predicted octanol–water partition coefficient (Wildman–Crippen LogP) is 4.73. The SMILES string of the molecule is COc1ccc(CNc2ccc(Br)c(OC)c2)cc1Cl. The van der Waals surface area contributed by atoms with Crippen LogP contribution in [0.4, 0.5) is 5.69 Å². The predicted molar refractivity (Wildman–Crippen MR) is 86.0 cm³/mol. The van der Waals surface area contributed by atoms with Crippen molar-refractivity contribution in [1.82, 2.24) is 0 Å². The van der Waals surface area contributed by atoms with Crippen LogP contribution < -0.4 is 14.8 Å². The third-order valence-corrected chi connectivity index (χ3v) is 3.81. The molecule has 0 atom stereocenters. The Bertz CT molecular complexity index is 604. The maximum atomic E-state index is 6.10. The normalized spacial score (nSPS) is 10.2. The summed E-state index contributed by atoms with van der Waals surface area (Å²) in [6.07, 6.45) is 0.